The molecule has 0 aliphatic carbocycles. The van der Waals surface area contributed by atoms with Crippen LogP contribution in [-0.4, -0.2) is 62.7 Å². The topological polar surface area (TPSA) is 87.1 Å². The molecule has 0 bridgehead atoms. The maximum Gasteiger partial charge on any atom is 2.00 e. The Hall–Kier alpha value is 1.08. The maximum absolute atomic E-state index is 7.57. The molecule has 0 unspecified atom stereocenters. The standard InChI is InChI=1S/2C10H24NOSi.2C2H6O.Zr/c2*1-9(2,3)11-13(7,8)12-10(4,5)6;2*1-2-3;/h2*1-8H3;2*3H,2H2,1H3;/q2*-1;;;+2. The maximum atomic E-state index is 7.57. The summed E-state index contributed by atoms with van der Waals surface area (Å²) in [6.07, 6.45) is 0. The van der Waals surface area contributed by atoms with Crippen molar-refractivity contribution in [1.29, 1.82) is 0 Å². The second kappa shape index (κ2) is 18.3. The molecule has 9 heteroatoms. The van der Waals surface area contributed by atoms with Gasteiger partial charge in [-0.1, -0.05) is 67.7 Å². The van der Waals surface area contributed by atoms with Gasteiger partial charge in [0.05, 0.1) is 17.0 Å². The first-order chi connectivity index (χ1) is 13.7. The number of nitrogens with zero attached hydrogens (tertiary/aromatic N) is 2. The Morgan fingerprint density at radius 3 is 0.788 bits per heavy atom. The Labute approximate surface area is 229 Å². The zero-order valence-electron chi connectivity index (χ0n) is 25.5. The van der Waals surface area contributed by atoms with Crippen LogP contribution in [0, 0.1) is 0 Å². The molecule has 0 aliphatic rings. The average Bonchev–Trinajstić information content (AvgIpc) is 2.27. The third-order valence-electron chi connectivity index (χ3n) is 2.32. The fraction of sp³-hybridized carbons (Fsp3) is 1.00. The fourth-order valence-corrected chi connectivity index (χ4v) is 9.48. The third kappa shape index (κ3) is 50.8. The van der Waals surface area contributed by atoms with Crippen LogP contribution in [0.3, 0.4) is 0 Å². The first-order valence-corrected chi connectivity index (χ1v) is 17.5. The molecular formula is C24H60N2O4Si2Zr. The molecule has 0 heterocycles. The average molecular weight is 588 g/mol. The zero-order valence-corrected chi connectivity index (χ0v) is 30.0. The van der Waals surface area contributed by atoms with E-state index >= 15 is 0 Å². The largest absolute Gasteiger partial charge is 2.00 e. The van der Waals surface area contributed by atoms with Crippen LogP contribution in [0.15, 0.2) is 0 Å². The van der Waals surface area contributed by atoms with E-state index in [4.69, 9.17) is 29.0 Å². The summed E-state index contributed by atoms with van der Waals surface area (Å²) in [5.74, 6) is 0. The van der Waals surface area contributed by atoms with Gasteiger partial charge in [0.25, 0.3) is 0 Å². The fourth-order valence-electron chi connectivity index (χ4n) is 3.16. The van der Waals surface area contributed by atoms with Crippen LogP contribution in [-0.2, 0) is 35.1 Å². The van der Waals surface area contributed by atoms with E-state index in [1.165, 1.54) is 0 Å². The molecule has 2 N–H and O–H groups in total. The summed E-state index contributed by atoms with van der Waals surface area (Å²) >= 11 is 0. The summed E-state index contributed by atoms with van der Waals surface area (Å²) in [7, 11) is -3.70. The second-order valence-electron chi connectivity index (χ2n) is 12.5. The van der Waals surface area contributed by atoms with Gasteiger partial charge in [-0.05, 0) is 55.4 Å². The van der Waals surface area contributed by atoms with Gasteiger partial charge in [0.15, 0.2) is 0 Å². The summed E-state index contributed by atoms with van der Waals surface area (Å²) in [6.45, 7) is 37.6. The van der Waals surface area contributed by atoms with E-state index in [0.29, 0.717) is 0 Å². The molecule has 0 saturated heterocycles. The van der Waals surface area contributed by atoms with Crippen LogP contribution in [0.4, 0.5) is 0 Å². The van der Waals surface area contributed by atoms with Gasteiger partial charge in [-0.3, -0.25) is 0 Å². The third-order valence-corrected chi connectivity index (χ3v) is 6.96. The van der Waals surface area contributed by atoms with E-state index in [1.54, 1.807) is 13.8 Å². The van der Waals surface area contributed by atoms with E-state index in [-0.39, 0.29) is 61.7 Å². The van der Waals surface area contributed by atoms with Crippen LogP contribution in [0.25, 0.3) is 9.96 Å². The number of hydrogen-bond acceptors (Lipinski definition) is 4. The summed E-state index contributed by atoms with van der Waals surface area (Å²) in [4.78, 5) is 9.49. The minimum atomic E-state index is -1.85. The Balaban J connectivity index is -0.000000124. The molecule has 0 rings (SSSR count). The molecule has 0 saturated carbocycles. The zero-order chi connectivity index (χ0) is 27.2. The smallest absolute Gasteiger partial charge is 0.637 e. The van der Waals surface area contributed by atoms with Crippen LogP contribution < -0.4 is 0 Å². The molecule has 0 atom stereocenters. The van der Waals surface area contributed by atoms with Crippen molar-refractivity contribution in [2.24, 2.45) is 0 Å². The van der Waals surface area contributed by atoms with Crippen molar-refractivity contribution in [1.82, 2.24) is 0 Å². The van der Waals surface area contributed by atoms with Gasteiger partial charge >= 0.3 is 26.2 Å². The molecule has 0 fully saturated rings. The van der Waals surface area contributed by atoms with Crippen molar-refractivity contribution in [2.45, 2.75) is 145 Å². The summed E-state index contributed by atoms with van der Waals surface area (Å²) in [5.41, 5.74) is -0.128. The number of hydrogen-bond donors (Lipinski definition) is 2. The first kappa shape index (κ1) is 44.1. The minimum absolute atomic E-state index is 0. The number of aliphatic hydroxyl groups excluding tert-OH is 2. The van der Waals surface area contributed by atoms with Crippen molar-refractivity contribution >= 4 is 17.0 Å². The molecular weight excluding hydrogens is 528 g/mol. The van der Waals surface area contributed by atoms with Gasteiger partial charge in [0.1, 0.15) is 0 Å². The second-order valence-corrected chi connectivity index (χ2v) is 19.2. The molecule has 0 aromatic rings. The van der Waals surface area contributed by atoms with E-state index < -0.39 is 17.0 Å². The molecule has 0 aromatic carbocycles. The molecule has 0 aromatic heterocycles. The van der Waals surface area contributed by atoms with E-state index in [9.17, 15) is 0 Å². The normalized spacial score (nSPS) is 12.7. The monoisotopic (exact) mass is 586 g/mol. The molecule has 6 nitrogen and oxygen atoms in total. The molecule has 202 valence electrons. The van der Waals surface area contributed by atoms with Crippen molar-refractivity contribution in [3.05, 3.63) is 9.96 Å². The molecule has 0 amide bonds. The Bertz CT molecular complexity index is 373. The van der Waals surface area contributed by atoms with Crippen LogP contribution in [0.2, 0.25) is 26.2 Å². The molecule has 33 heavy (non-hydrogen) atoms. The SMILES string of the molecule is CC(C)(C)[N-][Si](C)(C)OC(C)(C)C.CC(C)(C)[N-][Si](C)(C)OC(C)(C)C.CCO.CCO.[Zr+2]. The van der Waals surface area contributed by atoms with E-state index in [2.05, 4.69) is 109 Å². The van der Waals surface area contributed by atoms with Crippen LogP contribution in [0.5, 0.6) is 0 Å². The van der Waals surface area contributed by atoms with Crippen molar-refractivity contribution in [3.63, 3.8) is 0 Å². The van der Waals surface area contributed by atoms with Gasteiger partial charge in [-0.15, -0.1) is 11.1 Å². The predicted octanol–water partition coefficient (Wildman–Crippen LogP) is 7.35. The Morgan fingerprint density at radius 1 is 0.545 bits per heavy atom. The number of aliphatic hydroxyl groups is 2. The van der Waals surface area contributed by atoms with Crippen LogP contribution in [0.1, 0.15) is 96.9 Å². The predicted molar refractivity (Wildman–Crippen MR) is 148 cm³/mol. The minimum Gasteiger partial charge on any atom is -0.637 e. The van der Waals surface area contributed by atoms with Gasteiger partial charge in [0.2, 0.25) is 0 Å². The number of rotatable bonds is 4. The van der Waals surface area contributed by atoms with Crippen LogP contribution >= 0.6 is 0 Å². The van der Waals surface area contributed by atoms with E-state index in [1.807, 2.05) is 0 Å². The van der Waals surface area contributed by atoms with Crippen molar-refractivity contribution in [3.8, 4) is 0 Å². The van der Waals surface area contributed by atoms with Gasteiger partial charge < -0.3 is 29.0 Å². The van der Waals surface area contributed by atoms with Crippen molar-refractivity contribution < 1.29 is 45.3 Å². The summed E-state index contributed by atoms with van der Waals surface area (Å²) in [5, 5.41) is 15.1. The summed E-state index contributed by atoms with van der Waals surface area (Å²) in [6, 6.07) is 0. The Morgan fingerprint density at radius 2 is 0.697 bits per heavy atom. The van der Waals surface area contributed by atoms with Crippen molar-refractivity contribution in [2.75, 3.05) is 13.2 Å². The van der Waals surface area contributed by atoms with Gasteiger partial charge in [-0.2, -0.15) is 0 Å². The Kier molecular flexibility index (Phi) is 24.5. The molecule has 0 spiro atoms. The quantitative estimate of drug-likeness (QED) is 0.337. The molecule has 0 aliphatic heterocycles. The molecule has 0 radical (unpaired) electrons. The first-order valence-electron chi connectivity index (χ1n) is 11.8. The summed E-state index contributed by atoms with van der Waals surface area (Å²) < 4.78 is 11.9. The van der Waals surface area contributed by atoms with Gasteiger partial charge in [0, 0.05) is 24.4 Å². The van der Waals surface area contributed by atoms with Gasteiger partial charge in [-0.25, -0.2) is 0 Å². The van der Waals surface area contributed by atoms with E-state index in [0.717, 1.165) is 0 Å².